The van der Waals surface area contributed by atoms with Gasteiger partial charge in [0.2, 0.25) is 0 Å². The van der Waals surface area contributed by atoms with E-state index in [0.29, 0.717) is 12.2 Å². The van der Waals surface area contributed by atoms with E-state index in [2.05, 4.69) is 12.6 Å². The van der Waals surface area contributed by atoms with Crippen LogP contribution < -0.4 is 5.73 Å². The molecule has 10 heavy (non-hydrogen) atoms. The van der Waals surface area contributed by atoms with Crippen LogP contribution in [0.15, 0.2) is 0 Å². The van der Waals surface area contributed by atoms with Gasteiger partial charge in [0.15, 0.2) is 0 Å². The van der Waals surface area contributed by atoms with Crippen LogP contribution in [0.3, 0.4) is 0 Å². The first-order chi connectivity index (χ1) is 3.68. The van der Waals surface area contributed by atoms with Gasteiger partial charge in [-0.05, 0) is 12.2 Å². The van der Waals surface area contributed by atoms with E-state index in [1.807, 2.05) is 0 Å². The molecule has 4 nitrogen and oxygen atoms in total. The number of aliphatic carboxylic acids is 1. The number of rotatable bonds is 3. The number of thiol groups is 1. The predicted octanol–water partition coefficient (Wildman–Crippen LogP) is -0.994. The summed E-state index contributed by atoms with van der Waals surface area (Å²) in [6.07, 6.45) is 0.429. The summed E-state index contributed by atoms with van der Waals surface area (Å²) in [7, 11) is 0. The normalized spacial score (nSPS) is 10.6. The standard InChI is InChI=1S/C4H9NO2S.H2O.H2S/c5-3(1-2-8)4(6)7;;/h3,8H,1-2,5H2,(H,6,7);2*1H2. The van der Waals surface area contributed by atoms with Gasteiger partial charge in [-0.25, -0.2) is 0 Å². The highest BCUT2D eigenvalue weighted by Gasteiger charge is 2.08. The zero-order chi connectivity index (χ0) is 6.57. The van der Waals surface area contributed by atoms with Gasteiger partial charge in [-0.2, -0.15) is 26.1 Å². The molecule has 6 heteroatoms. The van der Waals surface area contributed by atoms with Crippen molar-refractivity contribution in [2.45, 2.75) is 12.5 Å². The lowest BCUT2D eigenvalue weighted by Crippen LogP contribution is -2.30. The summed E-state index contributed by atoms with van der Waals surface area (Å²) in [6.45, 7) is 0. The van der Waals surface area contributed by atoms with Crippen molar-refractivity contribution in [2.75, 3.05) is 5.75 Å². The largest absolute Gasteiger partial charge is 0.480 e. The van der Waals surface area contributed by atoms with Crippen LogP contribution in [0.4, 0.5) is 0 Å². The number of nitrogens with two attached hydrogens (primary N) is 1. The number of hydrogen-bond acceptors (Lipinski definition) is 3. The van der Waals surface area contributed by atoms with Gasteiger partial charge in [0.1, 0.15) is 6.04 Å². The van der Waals surface area contributed by atoms with Crippen LogP contribution in [0.2, 0.25) is 0 Å². The molecule has 1 atom stereocenters. The van der Waals surface area contributed by atoms with Crippen LogP contribution >= 0.6 is 26.1 Å². The van der Waals surface area contributed by atoms with E-state index in [9.17, 15) is 4.79 Å². The Balaban J connectivity index is -0.000000245. The van der Waals surface area contributed by atoms with Crippen molar-refractivity contribution in [3.05, 3.63) is 0 Å². The van der Waals surface area contributed by atoms with Gasteiger partial charge in [-0.1, -0.05) is 0 Å². The average Bonchev–Trinajstić information content (AvgIpc) is 1.67. The van der Waals surface area contributed by atoms with E-state index < -0.39 is 12.0 Å². The first kappa shape index (κ1) is 16.6. The molecule has 0 bridgehead atoms. The van der Waals surface area contributed by atoms with Gasteiger partial charge < -0.3 is 16.3 Å². The molecule has 0 amide bonds. The third-order valence-corrected chi connectivity index (χ3v) is 1.02. The molecule has 0 rings (SSSR count). The summed E-state index contributed by atoms with van der Waals surface area (Å²) >= 11 is 3.81. The fourth-order valence-corrected chi connectivity index (χ4v) is 0.541. The Morgan fingerprint density at radius 1 is 1.70 bits per heavy atom. The lowest BCUT2D eigenvalue weighted by molar-refractivity contribution is -0.138. The Hall–Kier alpha value is 0.0900. The Morgan fingerprint density at radius 2 is 2.10 bits per heavy atom. The quantitative estimate of drug-likeness (QED) is 0.495. The number of carboxylic acids is 1. The van der Waals surface area contributed by atoms with Gasteiger partial charge >= 0.3 is 5.97 Å². The topological polar surface area (TPSA) is 94.8 Å². The van der Waals surface area contributed by atoms with Crippen molar-refractivity contribution in [3.63, 3.8) is 0 Å². The van der Waals surface area contributed by atoms with E-state index in [-0.39, 0.29) is 19.0 Å². The zero-order valence-electron chi connectivity index (χ0n) is 5.37. The molecule has 0 aromatic heterocycles. The molecule has 0 aliphatic carbocycles. The molecule has 0 aliphatic rings. The average molecular weight is 187 g/mol. The first-order valence-electron chi connectivity index (χ1n) is 2.27. The zero-order valence-corrected chi connectivity index (χ0v) is 7.27. The summed E-state index contributed by atoms with van der Waals surface area (Å²) in [5.74, 6) is -0.438. The highest BCUT2D eigenvalue weighted by molar-refractivity contribution is 7.80. The summed E-state index contributed by atoms with van der Waals surface area (Å²) < 4.78 is 0. The van der Waals surface area contributed by atoms with Crippen LogP contribution in [-0.2, 0) is 4.79 Å². The van der Waals surface area contributed by atoms with Crippen molar-refractivity contribution < 1.29 is 15.4 Å². The lowest BCUT2D eigenvalue weighted by Gasteiger charge is -2.00. The molecule has 0 aromatic rings. The van der Waals surface area contributed by atoms with Gasteiger partial charge in [0.05, 0.1) is 0 Å². The molecule has 0 fully saturated rings. The molecule has 0 saturated carbocycles. The minimum atomic E-state index is -0.959. The van der Waals surface area contributed by atoms with Crippen LogP contribution in [0.1, 0.15) is 6.42 Å². The van der Waals surface area contributed by atoms with E-state index in [4.69, 9.17) is 10.8 Å². The molecule has 0 saturated heterocycles. The summed E-state index contributed by atoms with van der Waals surface area (Å²) in [6, 6.07) is -0.743. The highest BCUT2D eigenvalue weighted by atomic mass is 32.1. The second-order valence-electron chi connectivity index (χ2n) is 1.46. The van der Waals surface area contributed by atoms with E-state index >= 15 is 0 Å². The summed E-state index contributed by atoms with van der Waals surface area (Å²) in [5, 5.41) is 8.15. The Bertz CT molecular complexity index is 90.6. The maximum atomic E-state index is 9.93. The molecule has 64 valence electrons. The van der Waals surface area contributed by atoms with Crippen molar-refractivity contribution in [3.8, 4) is 0 Å². The maximum absolute atomic E-state index is 9.93. The molecular weight excluding hydrogens is 174 g/mol. The van der Waals surface area contributed by atoms with E-state index in [0.717, 1.165) is 0 Å². The molecular formula is C4H13NO3S2. The minimum absolute atomic E-state index is 0. The van der Waals surface area contributed by atoms with Gasteiger partial charge in [0.25, 0.3) is 0 Å². The first-order valence-corrected chi connectivity index (χ1v) is 2.91. The van der Waals surface area contributed by atoms with Crippen LogP contribution in [0.25, 0.3) is 0 Å². The third-order valence-electron chi connectivity index (χ3n) is 0.757. The van der Waals surface area contributed by atoms with E-state index in [1.165, 1.54) is 0 Å². The second kappa shape index (κ2) is 9.09. The van der Waals surface area contributed by atoms with Crippen molar-refractivity contribution in [1.82, 2.24) is 0 Å². The molecule has 0 aliphatic heterocycles. The Kier molecular flexibility index (Phi) is 15.1. The van der Waals surface area contributed by atoms with Crippen molar-refractivity contribution in [1.29, 1.82) is 0 Å². The predicted molar refractivity (Wildman–Crippen MR) is 48.1 cm³/mol. The molecule has 0 aromatic carbocycles. The van der Waals surface area contributed by atoms with E-state index in [1.54, 1.807) is 0 Å². The van der Waals surface area contributed by atoms with Crippen LogP contribution in [0.5, 0.6) is 0 Å². The minimum Gasteiger partial charge on any atom is -0.480 e. The molecule has 0 radical (unpaired) electrons. The van der Waals surface area contributed by atoms with Crippen molar-refractivity contribution in [2.24, 2.45) is 5.73 Å². The third kappa shape index (κ3) is 8.09. The number of carbonyl (C=O) groups is 1. The maximum Gasteiger partial charge on any atom is 0.320 e. The summed E-state index contributed by atoms with van der Waals surface area (Å²) in [4.78, 5) is 9.93. The molecule has 0 heterocycles. The fraction of sp³-hybridized carbons (Fsp3) is 0.750. The second-order valence-corrected chi connectivity index (χ2v) is 1.90. The number of carboxylic acid groups (broad SMARTS) is 1. The monoisotopic (exact) mass is 187 g/mol. The van der Waals surface area contributed by atoms with Gasteiger partial charge in [-0.15, -0.1) is 0 Å². The smallest absolute Gasteiger partial charge is 0.320 e. The fourth-order valence-electron chi connectivity index (χ4n) is 0.263. The van der Waals surface area contributed by atoms with Crippen LogP contribution in [0, 0.1) is 0 Å². The SMILES string of the molecule is NC(CCS)C(=O)O.O.S. The number of hydrogen-bond donors (Lipinski definition) is 3. The van der Waals surface area contributed by atoms with Gasteiger partial charge in [-0.3, -0.25) is 4.79 Å². The van der Waals surface area contributed by atoms with Crippen LogP contribution in [-0.4, -0.2) is 28.3 Å². The van der Waals surface area contributed by atoms with Crippen molar-refractivity contribution >= 4 is 32.1 Å². The lowest BCUT2D eigenvalue weighted by atomic mass is 10.2. The van der Waals surface area contributed by atoms with Gasteiger partial charge in [0, 0.05) is 0 Å². The molecule has 5 N–H and O–H groups in total. The molecule has 0 spiro atoms. The highest BCUT2D eigenvalue weighted by Crippen LogP contribution is 1.88. The Morgan fingerprint density at radius 3 is 2.20 bits per heavy atom. The Labute approximate surface area is 72.0 Å². The molecule has 1 unspecified atom stereocenters. The summed E-state index contributed by atoms with van der Waals surface area (Å²) in [5.41, 5.74) is 5.08.